The van der Waals surface area contributed by atoms with Gasteiger partial charge in [-0.25, -0.2) is 0 Å². The number of aryl methyl sites for hydroxylation is 2. The molecule has 0 saturated carbocycles. The van der Waals surface area contributed by atoms with Crippen LogP contribution >= 0.6 is 0 Å². The van der Waals surface area contributed by atoms with E-state index in [4.69, 9.17) is 4.52 Å². The Labute approximate surface area is 126 Å². The number of nitrogens with one attached hydrogen (secondary N) is 1. The smallest absolute Gasteiger partial charge is 0.352 e. The third kappa shape index (κ3) is 4.43. The van der Waals surface area contributed by atoms with E-state index < -0.39 is 12.2 Å². The number of likely N-dealkylation sites (N-methyl/N-ethyl adjacent to an activating group) is 1. The highest BCUT2D eigenvalue weighted by molar-refractivity contribution is 5.76. The van der Waals surface area contributed by atoms with Gasteiger partial charge < -0.3 is 9.84 Å². The Morgan fingerprint density at radius 1 is 1.45 bits per heavy atom. The van der Waals surface area contributed by atoms with Crippen molar-refractivity contribution in [3.63, 3.8) is 0 Å². The van der Waals surface area contributed by atoms with Crippen LogP contribution in [0.1, 0.15) is 31.0 Å². The van der Waals surface area contributed by atoms with Gasteiger partial charge in [-0.15, -0.1) is 0 Å². The van der Waals surface area contributed by atoms with Crippen LogP contribution in [-0.2, 0) is 11.2 Å². The molecule has 0 aliphatic carbocycles. The molecule has 2 heterocycles. The van der Waals surface area contributed by atoms with Crippen LogP contribution in [0.5, 0.6) is 0 Å². The molecule has 1 amide bonds. The zero-order valence-electron chi connectivity index (χ0n) is 12.5. The lowest BCUT2D eigenvalue weighted by Crippen LogP contribution is -2.54. The van der Waals surface area contributed by atoms with Gasteiger partial charge in [0.25, 0.3) is 0 Å². The largest absolute Gasteiger partial charge is 0.404 e. The topological polar surface area (TPSA) is 71.3 Å². The van der Waals surface area contributed by atoms with Gasteiger partial charge in [0.1, 0.15) is 6.04 Å². The summed E-state index contributed by atoms with van der Waals surface area (Å²) in [4.78, 5) is 17.1. The monoisotopic (exact) mass is 320 g/mol. The van der Waals surface area contributed by atoms with E-state index in [0.29, 0.717) is 24.6 Å². The molecule has 1 saturated heterocycles. The molecular weight excluding hydrogens is 301 g/mol. The summed E-state index contributed by atoms with van der Waals surface area (Å²) in [5, 5.41) is 6.38. The predicted octanol–water partition coefficient (Wildman–Crippen LogP) is 1.45. The number of piperidine rings is 1. The highest BCUT2D eigenvalue weighted by Gasteiger charge is 2.44. The summed E-state index contributed by atoms with van der Waals surface area (Å²) in [5.74, 6) is 0.660. The normalized spacial score (nSPS) is 23.5. The molecule has 1 aliphatic heterocycles. The van der Waals surface area contributed by atoms with Crippen molar-refractivity contribution in [2.24, 2.45) is 0 Å². The van der Waals surface area contributed by atoms with Crippen LogP contribution in [0.25, 0.3) is 0 Å². The van der Waals surface area contributed by atoms with E-state index in [1.807, 2.05) is 0 Å². The third-order valence-electron chi connectivity index (χ3n) is 3.71. The highest BCUT2D eigenvalue weighted by atomic mass is 19.4. The van der Waals surface area contributed by atoms with Gasteiger partial charge in [0.15, 0.2) is 5.82 Å². The van der Waals surface area contributed by atoms with Crippen LogP contribution in [0.15, 0.2) is 4.52 Å². The molecule has 1 aromatic rings. The van der Waals surface area contributed by atoms with E-state index in [1.165, 1.54) is 11.9 Å². The molecule has 0 unspecified atom stereocenters. The van der Waals surface area contributed by atoms with Crippen molar-refractivity contribution < 1.29 is 22.5 Å². The van der Waals surface area contributed by atoms with Gasteiger partial charge in [-0.05, 0) is 26.8 Å². The summed E-state index contributed by atoms with van der Waals surface area (Å²) in [7, 11) is 1.43. The lowest BCUT2D eigenvalue weighted by molar-refractivity contribution is -0.188. The first-order valence-electron chi connectivity index (χ1n) is 7.11. The van der Waals surface area contributed by atoms with Gasteiger partial charge in [0.05, 0.1) is 0 Å². The van der Waals surface area contributed by atoms with Crippen molar-refractivity contribution in [2.75, 3.05) is 13.6 Å². The number of carbonyl (C=O) groups excluding carboxylic acids is 1. The Hall–Kier alpha value is -1.64. The Balaban J connectivity index is 1.76. The van der Waals surface area contributed by atoms with Gasteiger partial charge in [-0.1, -0.05) is 5.16 Å². The molecule has 9 heteroatoms. The van der Waals surface area contributed by atoms with Gasteiger partial charge in [0, 0.05) is 25.4 Å². The van der Waals surface area contributed by atoms with E-state index in [2.05, 4.69) is 15.5 Å². The molecule has 1 aromatic heterocycles. The molecule has 22 heavy (non-hydrogen) atoms. The summed E-state index contributed by atoms with van der Waals surface area (Å²) in [6.07, 6.45) is -3.42. The van der Waals surface area contributed by atoms with E-state index >= 15 is 0 Å². The van der Waals surface area contributed by atoms with Gasteiger partial charge in [0.2, 0.25) is 11.8 Å². The van der Waals surface area contributed by atoms with Crippen molar-refractivity contribution in [1.29, 1.82) is 0 Å². The predicted molar refractivity (Wildman–Crippen MR) is 71.0 cm³/mol. The Morgan fingerprint density at radius 3 is 2.73 bits per heavy atom. The third-order valence-corrected chi connectivity index (χ3v) is 3.71. The van der Waals surface area contributed by atoms with Crippen LogP contribution in [-0.4, -0.2) is 52.8 Å². The zero-order chi connectivity index (χ0) is 16.3. The molecule has 1 N–H and O–H groups in total. The van der Waals surface area contributed by atoms with Crippen LogP contribution in [0, 0.1) is 6.92 Å². The second-order valence-electron chi connectivity index (χ2n) is 5.57. The van der Waals surface area contributed by atoms with Gasteiger partial charge in [-0.2, -0.15) is 18.2 Å². The molecule has 0 radical (unpaired) electrons. The summed E-state index contributed by atoms with van der Waals surface area (Å²) in [6.45, 7) is 1.87. The summed E-state index contributed by atoms with van der Waals surface area (Å²) in [5.41, 5.74) is 0. The zero-order valence-corrected chi connectivity index (χ0v) is 12.5. The van der Waals surface area contributed by atoms with E-state index in [-0.39, 0.29) is 31.3 Å². The number of rotatable bonds is 4. The second-order valence-corrected chi connectivity index (χ2v) is 5.57. The lowest BCUT2D eigenvalue weighted by Gasteiger charge is -2.38. The minimum Gasteiger partial charge on any atom is -0.352 e. The molecule has 124 valence electrons. The van der Waals surface area contributed by atoms with Crippen molar-refractivity contribution in [2.45, 2.75) is 50.9 Å². The van der Waals surface area contributed by atoms with Crippen molar-refractivity contribution in [3.8, 4) is 0 Å². The summed E-state index contributed by atoms with van der Waals surface area (Å²) < 4.78 is 43.1. The molecule has 2 atom stereocenters. The average Bonchev–Trinajstić information content (AvgIpc) is 2.81. The average molecular weight is 320 g/mol. The molecule has 0 aromatic carbocycles. The van der Waals surface area contributed by atoms with Gasteiger partial charge >= 0.3 is 6.18 Å². The maximum absolute atomic E-state index is 12.7. The summed E-state index contributed by atoms with van der Waals surface area (Å²) >= 11 is 0. The molecule has 2 rings (SSSR count). The van der Waals surface area contributed by atoms with Crippen LogP contribution < -0.4 is 5.32 Å². The van der Waals surface area contributed by atoms with E-state index in [1.54, 1.807) is 6.92 Å². The number of hydrogen-bond acceptors (Lipinski definition) is 5. The number of hydrogen-bond donors (Lipinski definition) is 1. The number of likely N-dealkylation sites (tertiary alicyclic amines) is 1. The molecule has 1 fully saturated rings. The number of aromatic nitrogens is 2. The Morgan fingerprint density at radius 2 is 2.18 bits per heavy atom. The van der Waals surface area contributed by atoms with Crippen molar-refractivity contribution in [1.82, 2.24) is 20.4 Å². The van der Waals surface area contributed by atoms with Crippen LogP contribution in [0.4, 0.5) is 13.2 Å². The molecule has 1 aliphatic rings. The first-order valence-corrected chi connectivity index (χ1v) is 7.11. The maximum atomic E-state index is 12.7. The maximum Gasteiger partial charge on any atom is 0.404 e. The van der Waals surface area contributed by atoms with Crippen LogP contribution in [0.3, 0.4) is 0 Å². The Kier molecular flexibility index (Phi) is 5.05. The fourth-order valence-corrected chi connectivity index (χ4v) is 2.64. The molecular formula is C13H19F3N4O2. The number of nitrogens with zero attached hydrogens (tertiary/aromatic N) is 3. The summed E-state index contributed by atoms with van der Waals surface area (Å²) in [6, 6.07) is -1.69. The minimum atomic E-state index is -4.22. The highest BCUT2D eigenvalue weighted by Crippen LogP contribution is 2.30. The molecule has 0 bridgehead atoms. The fraction of sp³-hybridized carbons (Fsp3) is 0.769. The van der Waals surface area contributed by atoms with E-state index in [0.717, 1.165) is 0 Å². The van der Waals surface area contributed by atoms with E-state index in [9.17, 15) is 18.0 Å². The first kappa shape index (κ1) is 16.7. The number of halogens is 3. The quantitative estimate of drug-likeness (QED) is 0.909. The number of amides is 1. The SMILES string of the molecule is Cc1noc(CCC(=O)N[C@@H]2CC[C@@H](C(F)(F)F)N(C)C2)n1. The second kappa shape index (κ2) is 6.64. The van der Waals surface area contributed by atoms with Gasteiger partial charge in [-0.3, -0.25) is 9.69 Å². The minimum absolute atomic E-state index is 0.00615. The molecule has 6 nitrogen and oxygen atoms in total. The number of alkyl halides is 3. The fourth-order valence-electron chi connectivity index (χ4n) is 2.64. The first-order chi connectivity index (χ1) is 10.3. The number of carbonyl (C=O) groups is 1. The Bertz CT molecular complexity index is 518. The lowest BCUT2D eigenvalue weighted by atomic mass is 9.98. The molecule has 0 spiro atoms. The van der Waals surface area contributed by atoms with Crippen LogP contribution in [0.2, 0.25) is 0 Å². The standard InChI is InChI=1S/C13H19F3N4O2/c1-8-17-12(22-19-8)6-5-11(21)18-9-3-4-10(13(14,15)16)20(2)7-9/h9-10H,3-7H2,1-2H3,(H,18,21)/t9-,10+/m1/s1. The van der Waals surface area contributed by atoms with Crippen molar-refractivity contribution >= 4 is 5.91 Å². The van der Waals surface area contributed by atoms with Crippen molar-refractivity contribution in [3.05, 3.63) is 11.7 Å².